The number of fused-ring (bicyclic) bond motifs is 1. The third-order valence-electron chi connectivity index (χ3n) is 2.41. The average Bonchev–Trinajstić information content (AvgIpc) is 2.28. The van der Waals surface area contributed by atoms with Gasteiger partial charge in [-0.15, -0.1) is 0 Å². The normalized spacial score (nSPS) is 13.0. The van der Waals surface area contributed by atoms with Crippen LogP contribution < -0.4 is 0 Å². The van der Waals surface area contributed by atoms with Gasteiger partial charge in [0.05, 0.1) is 0 Å². The maximum absolute atomic E-state index is 12.6. The molecule has 0 radical (unpaired) electrons. The number of benzene rings is 2. The molecule has 0 heterocycles. The summed E-state index contributed by atoms with van der Waals surface area (Å²) in [7, 11) is 0. The first-order valence-corrected chi connectivity index (χ1v) is 4.81. The molecule has 0 atom stereocenters. The highest BCUT2D eigenvalue weighted by Gasteiger charge is 2.38. The summed E-state index contributed by atoms with van der Waals surface area (Å²) in [5, 5.41) is 12.0. The van der Waals surface area contributed by atoms with Crippen LogP contribution in [0.1, 0.15) is 5.56 Å². The third kappa shape index (κ3) is 2.08. The fourth-order valence-corrected chi connectivity index (χ4v) is 1.70. The number of alkyl halides is 3. The van der Waals surface area contributed by atoms with Crippen molar-refractivity contribution < 1.29 is 18.4 Å². The Hall–Kier alpha value is -2.04. The van der Waals surface area contributed by atoms with E-state index < -0.39 is 11.9 Å². The van der Waals surface area contributed by atoms with Crippen LogP contribution in [0.4, 0.5) is 13.2 Å². The van der Waals surface area contributed by atoms with Crippen molar-refractivity contribution >= 4 is 16.5 Å². The van der Waals surface area contributed by atoms with Crippen LogP contribution in [-0.2, 0) is 0 Å². The summed E-state index contributed by atoms with van der Waals surface area (Å²) in [5.74, 6) is 0. The third-order valence-corrected chi connectivity index (χ3v) is 2.41. The van der Waals surface area contributed by atoms with Crippen LogP contribution >= 0.6 is 0 Å². The molecule has 0 spiro atoms. The summed E-state index contributed by atoms with van der Waals surface area (Å²) in [6, 6.07) is 11.1. The van der Waals surface area contributed by atoms with Gasteiger partial charge in [-0.1, -0.05) is 47.6 Å². The van der Waals surface area contributed by atoms with Gasteiger partial charge in [-0.3, -0.25) is 0 Å². The van der Waals surface area contributed by atoms with Crippen molar-refractivity contribution in [2.24, 2.45) is 5.16 Å². The second-order valence-electron chi connectivity index (χ2n) is 3.47. The molecule has 0 amide bonds. The smallest absolute Gasteiger partial charge is 0.410 e. The minimum absolute atomic E-state index is 0.127. The predicted octanol–water partition coefficient (Wildman–Crippen LogP) is 3.58. The Morgan fingerprint density at radius 2 is 1.65 bits per heavy atom. The Labute approximate surface area is 95.0 Å². The van der Waals surface area contributed by atoms with Gasteiger partial charge in [0.1, 0.15) is 0 Å². The summed E-state index contributed by atoms with van der Waals surface area (Å²) in [6.45, 7) is 0. The molecule has 88 valence electrons. The zero-order chi connectivity index (χ0) is 12.5. The number of halogens is 3. The highest BCUT2D eigenvalue weighted by Crippen LogP contribution is 2.27. The van der Waals surface area contributed by atoms with Crippen LogP contribution in [0.2, 0.25) is 0 Å². The summed E-state index contributed by atoms with van der Waals surface area (Å²) in [5.41, 5.74) is -1.41. The molecule has 17 heavy (non-hydrogen) atoms. The molecule has 0 aliphatic heterocycles. The molecule has 0 unspecified atom stereocenters. The SMILES string of the molecule is O/N=C(/c1cccc2ccccc12)C(F)(F)F. The van der Waals surface area contributed by atoms with Crippen molar-refractivity contribution in [1.82, 2.24) is 0 Å². The Balaban J connectivity index is 2.71. The van der Waals surface area contributed by atoms with Crippen LogP contribution in [0, 0.1) is 0 Å². The van der Waals surface area contributed by atoms with E-state index in [0.29, 0.717) is 10.8 Å². The van der Waals surface area contributed by atoms with Crippen LogP contribution in [-0.4, -0.2) is 17.1 Å². The van der Waals surface area contributed by atoms with Crippen molar-refractivity contribution in [3.8, 4) is 0 Å². The van der Waals surface area contributed by atoms with Crippen molar-refractivity contribution in [3.63, 3.8) is 0 Å². The first kappa shape index (κ1) is 11.4. The van der Waals surface area contributed by atoms with Crippen LogP contribution in [0.15, 0.2) is 47.6 Å². The molecule has 0 aromatic heterocycles. The highest BCUT2D eigenvalue weighted by molar-refractivity contribution is 6.13. The minimum atomic E-state index is -4.68. The predicted molar refractivity (Wildman–Crippen MR) is 58.3 cm³/mol. The number of rotatable bonds is 1. The maximum atomic E-state index is 12.6. The molecule has 2 aromatic carbocycles. The monoisotopic (exact) mass is 239 g/mol. The number of oxime groups is 1. The first-order chi connectivity index (χ1) is 8.04. The maximum Gasteiger partial charge on any atom is 0.437 e. The molecule has 1 N–H and O–H groups in total. The molecular formula is C12H8F3NO. The molecule has 5 heteroatoms. The van der Waals surface area contributed by atoms with E-state index in [9.17, 15) is 13.2 Å². The van der Waals surface area contributed by atoms with Gasteiger partial charge in [0.25, 0.3) is 0 Å². The standard InChI is InChI=1S/C12H8F3NO/c13-12(14,15)11(16-17)10-7-3-5-8-4-1-2-6-9(8)10/h1-7,17H/b16-11-. The van der Waals surface area contributed by atoms with E-state index in [0.717, 1.165) is 0 Å². The van der Waals surface area contributed by atoms with E-state index in [4.69, 9.17) is 5.21 Å². The topological polar surface area (TPSA) is 32.6 Å². The van der Waals surface area contributed by atoms with Crippen LogP contribution in [0.3, 0.4) is 0 Å². The Morgan fingerprint density at radius 3 is 2.29 bits per heavy atom. The minimum Gasteiger partial charge on any atom is -0.410 e. The van der Waals surface area contributed by atoms with Crippen molar-refractivity contribution in [3.05, 3.63) is 48.0 Å². The lowest BCUT2D eigenvalue weighted by atomic mass is 10.0. The van der Waals surface area contributed by atoms with Gasteiger partial charge in [-0.05, 0) is 10.8 Å². The molecule has 0 bridgehead atoms. The molecule has 2 rings (SSSR count). The van der Waals surface area contributed by atoms with E-state index in [1.165, 1.54) is 12.1 Å². The number of nitrogens with zero attached hydrogens (tertiary/aromatic N) is 1. The van der Waals surface area contributed by atoms with Crippen molar-refractivity contribution in [2.75, 3.05) is 0 Å². The van der Waals surface area contributed by atoms with Crippen LogP contribution in [0.25, 0.3) is 10.8 Å². The number of hydrogen-bond acceptors (Lipinski definition) is 2. The lowest BCUT2D eigenvalue weighted by molar-refractivity contribution is -0.0600. The van der Waals surface area contributed by atoms with E-state index in [1.54, 1.807) is 30.3 Å². The summed E-state index contributed by atoms with van der Waals surface area (Å²) in [6.07, 6.45) is -4.68. The van der Waals surface area contributed by atoms with Gasteiger partial charge < -0.3 is 5.21 Å². The van der Waals surface area contributed by atoms with Gasteiger partial charge >= 0.3 is 6.18 Å². The molecule has 0 saturated heterocycles. The average molecular weight is 239 g/mol. The molecule has 0 aliphatic rings. The highest BCUT2D eigenvalue weighted by atomic mass is 19.4. The Kier molecular flexibility index (Phi) is 2.75. The fraction of sp³-hybridized carbons (Fsp3) is 0.0833. The van der Waals surface area contributed by atoms with Gasteiger partial charge in [0, 0.05) is 5.56 Å². The molecule has 2 nitrogen and oxygen atoms in total. The summed E-state index contributed by atoms with van der Waals surface area (Å²) in [4.78, 5) is 0. The largest absolute Gasteiger partial charge is 0.437 e. The van der Waals surface area contributed by atoms with Gasteiger partial charge in [-0.25, -0.2) is 0 Å². The van der Waals surface area contributed by atoms with Crippen molar-refractivity contribution in [1.29, 1.82) is 0 Å². The lowest BCUT2D eigenvalue weighted by Gasteiger charge is -2.11. The van der Waals surface area contributed by atoms with Gasteiger partial charge in [0.2, 0.25) is 0 Å². The van der Waals surface area contributed by atoms with Gasteiger partial charge in [-0.2, -0.15) is 13.2 Å². The Bertz CT molecular complexity index is 570. The molecule has 0 aliphatic carbocycles. The summed E-state index contributed by atoms with van der Waals surface area (Å²) >= 11 is 0. The number of hydrogen-bond donors (Lipinski definition) is 1. The molecule has 0 saturated carbocycles. The molecular weight excluding hydrogens is 231 g/mol. The zero-order valence-electron chi connectivity index (χ0n) is 8.57. The van der Waals surface area contributed by atoms with Crippen molar-refractivity contribution in [2.45, 2.75) is 6.18 Å². The Morgan fingerprint density at radius 1 is 1.00 bits per heavy atom. The molecule has 2 aromatic rings. The van der Waals surface area contributed by atoms with E-state index in [2.05, 4.69) is 5.16 Å². The lowest BCUT2D eigenvalue weighted by Crippen LogP contribution is -2.24. The van der Waals surface area contributed by atoms with E-state index >= 15 is 0 Å². The summed E-state index contributed by atoms with van der Waals surface area (Å²) < 4.78 is 37.9. The van der Waals surface area contributed by atoms with E-state index in [1.807, 2.05) is 0 Å². The zero-order valence-corrected chi connectivity index (χ0v) is 8.57. The second kappa shape index (κ2) is 4.08. The second-order valence-corrected chi connectivity index (χ2v) is 3.47. The molecule has 0 fully saturated rings. The van der Waals surface area contributed by atoms with Crippen LogP contribution in [0.5, 0.6) is 0 Å². The van der Waals surface area contributed by atoms with E-state index in [-0.39, 0.29) is 5.56 Å². The quantitative estimate of drug-likeness (QED) is 0.460. The van der Waals surface area contributed by atoms with Gasteiger partial charge in [0.15, 0.2) is 5.71 Å². The fourth-order valence-electron chi connectivity index (χ4n) is 1.70. The first-order valence-electron chi connectivity index (χ1n) is 4.81.